The lowest BCUT2D eigenvalue weighted by molar-refractivity contribution is 0.475. The predicted molar refractivity (Wildman–Crippen MR) is 71.5 cm³/mol. The fourth-order valence-electron chi connectivity index (χ4n) is 1.88. The van der Waals surface area contributed by atoms with Gasteiger partial charge < -0.3 is 15.4 Å². The van der Waals surface area contributed by atoms with Crippen molar-refractivity contribution in [1.29, 1.82) is 0 Å². The van der Waals surface area contributed by atoms with E-state index in [0.717, 1.165) is 17.0 Å². The maximum absolute atomic E-state index is 13.0. The summed E-state index contributed by atoms with van der Waals surface area (Å²) in [7, 11) is 0. The fraction of sp³-hybridized carbons (Fsp3) is 0.0714. The third kappa shape index (κ3) is 2.49. The first-order valence-electron chi connectivity index (χ1n) is 5.88. The zero-order valence-electron chi connectivity index (χ0n) is 10.0. The number of anilines is 1. The lowest BCUT2D eigenvalue weighted by Crippen LogP contribution is -2.00. The van der Waals surface area contributed by atoms with Gasteiger partial charge in [-0.1, -0.05) is 0 Å². The zero-order chi connectivity index (χ0) is 13.2. The van der Waals surface area contributed by atoms with Gasteiger partial charge >= 0.3 is 0 Å². The number of aromatic nitrogens is 2. The molecule has 3 aromatic rings. The second-order valence-electron chi connectivity index (χ2n) is 4.25. The van der Waals surface area contributed by atoms with Crippen molar-refractivity contribution in [2.24, 2.45) is 0 Å². The number of H-pyrrole nitrogens is 1. The van der Waals surface area contributed by atoms with Gasteiger partial charge in [-0.25, -0.2) is 9.37 Å². The van der Waals surface area contributed by atoms with Crippen molar-refractivity contribution in [3.05, 3.63) is 54.1 Å². The molecule has 5 heteroatoms. The Kier molecular flexibility index (Phi) is 2.79. The van der Waals surface area contributed by atoms with Crippen molar-refractivity contribution in [2.75, 3.05) is 5.32 Å². The summed E-state index contributed by atoms with van der Waals surface area (Å²) >= 11 is 0. The number of phenols is 1. The molecule has 1 heterocycles. The van der Waals surface area contributed by atoms with E-state index in [1.54, 1.807) is 30.3 Å². The van der Waals surface area contributed by atoms with E-state index in [1.165, 1.54) is 12.1 Å². The van der Waals surface area contributed by atoms with Crippen molar-refractivity contribution in [2.45, 2.75) is 6.54 Å². The van der Waals surface area contributed by atoms with Crippen LogP contribution in [0.2, 0.25) is 0 Å². The van der Waals surface area contributed by atoms with E-state index in [0.29, 0.717) is 12.1 Å². The molecule has 0 spiro atoms. The van der Waals surface area contributed by atoms with Gasteiger partial charge in [-0.05, 0) is 42.5 Å². The van der Waals surface area contributed by atoms with Crippen LogP contribution in [0, 0.1) is 5.82 Å². The Balaban J connectivity index is 1.76. The molecule has 2 aromatic carbocycles. The minimum Gasteiger partial charge on any atom is -0.508 e. The number of rotatable bonds is 3. The molecule has 96 valence electrons. The van der Waals surface area contributed by atoms with Gasteiger partial charge in [0.25, 0.3) is 0 Å². The first-order chi connectivity index (χ1) is 9.20. The van der Waals surface area contributed by atoms with Crippen LogP contribution in [0.15, 0.2) is 42.5 Å². The van der Waals surface area contributed by atoms with Crippen molar-refractivity contribution in [1.82, 2.24) is 9.97 Å². The van der Waals surface area contributed by atoms with Crippen LogP contribution < -0.4 is 5.32 Å². The van der Waals surface area contributed by atoms with Crippen LogP contribution in [-0.2, 0) is 6.54 Å². The van der Waals surface area contributed by atoms with Crippen molar-refractivity contribution in [3.63, 3.8) is 0 Å². The molecule has 0 aliphatic heterocycles. The van der Waals surface area contributed by atoms with E-state index < -0.39 is 0 Å². The third-order valence-corrected chi connectivity index (χ3v) is 2.82. The van der Waals surface area contributed by atoms with Gasteiger partial charge in [0.15, 0.2) is 0 Å². The number of aromatic hydroxyl groups is 1. The number of imidazole rings is 1. The molecule has 19 heavy (non-hydrogen) atoms. The van der Waals surface area contributed by atoms with Crippen molar-refractivity contribution >= 4 is 16.7 Å². The second kappa shape index (κ2) is 4.61. The SMILES string of the molecule is Oc1ccc(NCc2nc3ccc(F)cc3[nH]2)cc1. The molecule has 0 fully saturated rings. The van der Waals surface area contributed by atoms with Crippen LogP contribution in [0.1, 0.15) is 5.82 Å². The van der Waals surface area contributed by atoms with E-state index in [1.807, 2.05) is 0 Å². The first kappa shape index (κ1) is 11.5. The summed E-state index contributed by atoms with van der Waals surface area (Å²) < 4.78 is 13.0. The van der Waals surface area contributed by atoms with Gasteiger partial charge in [0, 0.05) is 5.69 Å². The van der Waals surface area contributed by atoms with Crippen LogP contribution in [0.4, 0.5) is 10.1 Å². The van der Waals surface area contributed by atoms with Crippen LogP contribution in [0.5, 0.6) is 5.75 Å². The van der Waals surface area contributed by atoms with Gasteiger partial charge in [0.05, 0.1) is 17.6 Å². The summed E-state index contributed by atoms with van der Waals surface area (Å²) in [5.41, 5.74) is 2.30. The number of phenolic OH excluding ortho intramolecular Hbond substituents is 1. The monoisotopic (exact) mass is 257 g/mol. The van der Waals surface area contributed by atoms with E-state index in [4.69, 9.17) is 0 Å². The second-order valence-corrected chi connectivity index (χ2v) is 4.25. The molecule has 0 saturated heterocycles. The first-order valence-corrected chi connectivity index (χ1v) is 5.88. The molecular weight excluding hydrogens is 245 g/mol. The number of nitrogens with zero attached hydrogens (tertiary/aromatic N) is 1. The lowest BCUT2D eigenvalue weighted by Gasteiger charge is -2.03. The van der Waals surface area contributed by atoms with Crippen LogP contribution >= 0.6 is 0 Å². The fourth-order valence-corrected chi connectivity index (χ4v) is 1.88. The van der Waals surface area contributed by atoms with Gasteiger partial charge in [0.2, 0.25) is 0 Å². The Labute approximate surface area is 108 Å². The highest BCUT2D eigenvalue weighted by Gasteiger charge is 2.03. The lowest BCUT2D eigenvalue weighted by atomic mass is 10.3. The largest absolute Gasteiger partial charge is 0.508 e. The Hall–Kier alpha value is -2.56. The zero-order valence-corrected chi connectivity index (χ0v) is 10.0. The summed E-state index contributed by atoms with van der Waals surface area (Å²) in [6.07, 6.45) is 0. The van der Waals surface area contributed by atoms with Gasteiger partial charge in [0.1, 0.15) is 17.4 Å². The number of nitrogens with one attached hydrogen (secondary N) is 2. The summed E-state index contributed by atoms with van der Waals surface area (Å²) in [5.74, 6) is 0.674. The number of fused-ring (bicyclic) bond motifs is 1. The molecule has 0 aliphatic carbocycles. The van der Waals surface area contributed by atoms with Gasteiger partial charge in [-0.15, -0.1) is 0 Å². The molecule has 0 aliphatic rings. The highest BCUT2D eigenvalue weighted by atomic mass is 19.1. The predicted octanol–water partition coefficient (Wildman–Crippen LogP) is 3.02. The molecule has 0 amide bonds. The number of aromatic amines is 1. The third-order valence-electron chi connectivity index (χ3n) is 2.82. The molecule has 0 radical (unpaired) electrons. The molecule has 0 unspecified atom stereocenters. The Morgan fingerprint density at radius 1 is 1.16 bits per heavy atom. The highest BCUT2D eigenvalue weighted by Crippen LogP contribution is 2.16. The van der Waals surface area contributed by atoms with E-state index >= 15 is 0 Å². The average molecular weight is 257 g/mol. The quantitative estimate of drug-likeness (QED) is 0.632. The van der Waals surface area contributed by atoms with Crippen LogP contribution in [0.3, 0.4) is 0 Å². The Bertz CT molecular complexity index is 706. The summed E-state index contributed by atoms with van der Waals surface area (Å²) in [5, 5.41) is 12.3. The average Bonchev–Trinajstić information content (AvgIpc) is 2.80. The summed E-state index contributed by atoms with van der Waals surface area (Å²) in [6.45, 7) is 0.501. The molecular formula is C14H12FN3O. The maximum atomic E-state index is 13.0. The standard InChI is InChI=1S/C14H12FN3O/c15-9-1-6-12-13(7-9)18-14(17-12)8-16-10-2-4-11(19)5-3-10/h1-7,16,19H,8H2,(H,17,18). The molecule has 4 nitrogen and oxygen atoms in total. The number of hydrogen-bond donors (Lipinski definition) is 3. The smallest absolute Gasteiger partial charge is 0.126 e. The van der Waals surface area contributed by atoms with Crippen LogP contribution in [-0.4, -0.2) is 15.1 Å². The summed E-state index contributed by atoms with van der Waals surface area (Å²) in [6, 6.07) is 11.2. The number of halogens is 1. The molecule has 1 aromatic heterocycles. The summed E-state index contributed by atoms with van der Waals surface area (Å²) in [4.78, 5) is 7.41. The van der Waals surface area contributed by atoms with E-state index in [9.17, 15) is 9.50 Å². The van der Waals surface area contributed by atoms with Crippen molar-refractivity contribution < 1.29 is 9.50 Å². The normalized spacial score (nSPS) is 10.8. The van der Waals surface area contributed by atoms with Crippen LogP contribution in [0.25, 0.3) is 11.0 Å². The van der Waals surface area contributed by atoms with E-state index in [2.05, 4.69) is 15.3 Å². The minimum absolute atomic E-state index is 0.227. The minimum atomic E-state index is -0.283. The van der Waals surface area contributed by atoms with E-state index in [-0.39, 0.29) is 11.6 Å². The molecule has 3 N–H and O–H groups in total. The Morgan fingerprint density at radius 2 is 1.95 bits per heavy atom. The number of benzene rings is 2. The highest BCUT2D eigenvalue weighted by molar-refractivity contribution is 5.75. The molecule has 0 bridgehead atoms. The molecule has 3 rings (SSSR count). The molecule has 0 saturated carbocycles. The maximum Gasteiger partial charge on any atom is 0.126 e. The topological polar surface area (TPSA) is 60.9 Å². The number of hydrogen-bond acceptors (Lipinski definition) is 3. The van der Waals surface area contributed by atoms with Gasteiger partial charge in [-0.2, -0.15) is 0 Å². The molecule has 0 atom stereocenters. The van der Waals surface area contributed by atoms with Gasteiger partial charge in [-0.3, -0.25) is 0 Å². The van der Waals surface area contributed by atoms with Crippen molar-refractivity contribution in [3.8, 4) is 5.75 Å². The Morgan fingerprint density at radius 3 is 2.74 bits per heavy atom.